The standard InChI is InChI=1S/C14H16N2O2S/c1-10-5-3-4-6-12(10)18-9-13(17)15-8-14-16-7-11(2)19-14/h3-7H,8-9H2,1-2H3,(H,15,17). The summed E-state index contributed by atoms with van der Waals surface area (Å²) in [6, 6.07) is 7.63. The summed E-state index contributed by atoms with van der Waals surface area (Å²) in [4.78, 5) is 17.0. The van der Waals surface area contributed by atoms with Gasteiger partial charge >= 0.3 is 0 Å². The maximum atomic E-state index is 11.6. The lowest BCUT2D eigenvalue weighted by molar-refractivity contribution is -0.123. The molecule has 100 valence electrons. The zero-order chi connectivity index (χ0) is 13.7. The molecule has 1 aromatic heterocycles. The normalized spacial score (nSPS) is 10.2. The number of thiazole rings is 1. The lowest BCUT2D eigenvalue weighted by atomic mass is 10.2. The van der Waals surface area contributed by atoms with Crippen LogP contribution in [0.15, 0.2) is 30.5 Å². The van der Waals surface area contributed by atoms with Crippen molar-refractivity contribution < 1.29 is 9.53 Å². The molecule has 4 nitrogen and oxygen atoms in total. The monoisotopic (exact) mass is 276 g/mol. The summed E-state index contributed by atoms with van der Waals surface area (Å²) in [6.45, 7) is 4.42. The van der Waals surface area contributed by atoms with E-state index in [1.165, 1.54) is 0 Å². The van der Waals surface area contributed by atoms with Crippen molar-refractivity contribution in [1.29, 1.82) is 0 Å². The van der Waals surface area contributed by atoms with Crippen LogP contribution in [0.3, 0.4) is 0 Å². The Morgan fingerprint density at radius 2 is 2.16 bits per heavy atom. The molecule has 0 fully saturated rings. The SMILES string of the molecule is Cc1cnc(CNC(=O)COc2ccccc2C)s1. The highest BCUT2D eigenvalue weighted by Crippen LogP contribution is 2.15. The molecule has 0 aliphatic heterocycles. The molecule has 0 unspecified atom stereocenters. The van der Waals surface area contributed by atoms with Gasteiger partial charge in [0.1, 0.15) is 10.8 Å². The molecule has 0 aliphatic rings. The lowest BCUT2D eigenvalue weighted by Gasteiger charge is -2.08. The summed E-state index contributed by atoms with van der Waals surface area (Å²) in [5, 5.41) is 3.69. The largest absolute Gasteiger partial charge is 0.484 e. The minimum absolute atomic E-state index is 0.0230. The molecule has 0 spiro atoms. The highest BCUT2D eigenvalue weighted by atomic mass is 32.1. The van der Waals surface area contributed by atoms with E-state index in [0.29, 0.717) is 6.54 Å². The molecule has 2 aromatic rings. The fraction of sp³-hybridized carbons (Fsp3) is 0.286. The van der Waals surface area contributed by atoms with E-state index >= 15 is 0 Å². The van der Waals surface area contributed by atoms with Crippen LogP contribution in [0.25, 0.3) is 0 Å². The molecule has 0 aliphatic carbocycles. The molecule has 0 saturated heterocycles. The van der Waals surface area contributed by atoms with Crippen LogP contribution in [-0.4, -0.2) is 17.5 Å². The van der Waals surface area contributed by atoms with Gasteiger partial charge < -0.3 is 10.1 Å². The second-order valence-electron chi connectivity index (χ2n) is 4.20. The topological polar surface area (TPSA) is 51.2 Å². The number of benzene rings is 1. The Morgan fingerprint density at radius 3 is 2.84 bits per heavy atom. The molecule has 1 N–H and O–H groups in total. The Labute approximate surface area is 116 Å². The third-order valence-electron chi connectivity index (χ3n) is 2.56. The van der Waals surface area contributed by atoms with E-state index in [-0.39, 0.29) is 12.5 Å². The van der Waals surface area contributed by atoms with Crippen LogP contribution in [0.1, 0.15) is 15.4 Å². The number of amides is 1. The lowest BCUT2D eigenvalue weighted by Crippen LogP contribution is -2.28. The number of carbonyl (C=O) groups excluding carboxylic acids is 1. The predicted octanol–water partition coefficient (Wildman–Crippen LogP) is 2.46. The zero-order valence-corrected chi connectivity index (χ0v) is 11.8. The van der Waals surface area contributed by atoms with E-state index in [2.05, 4.69) is 10.3 Å². The number of para-hydroxylation sites is 1. The minimum atomic E-state index is -0.142. The van der Waals surface area contributed by atoms with Crippen molar-refractivity contribution in [2.45, 2.75) is 20.4 Å². The van der Waals surface area contributed by atoms with Gasteiger partial charge in [-0.3, -0.25) is 4.79 Å². The maximum absolute atomic E-state index is 11.6. The molecule has 0 bridgehead atoms. The number of nitrogens with one attached hydrogen (secondary N) is 1. The van der Waals surface area contributed by atoms with Crippen LogP contribution >= 0.6 is 11.3 Å². The quantitative estimate of drug-likeness (QED) is 0.912. The van der Waals surface area contributed by atoms with Crippen molar-refractivity contribution >= 4 is 17.2 Å². The Balaban J connectivity index is 1.77. The molecular formula is C14H16N2O2S. The Hall–Kier alpha value is -1.88. The van der Waals surface area contributed by atoms with E-state index in [0.717, 1.165) is 21.2 Å². The highest BCUT2D eigenvalue weighted by Gasteiger charge is 2.05. The van der Waals surface area contributed by atoms with Crippen LogP contribution in [0, 0.1) is 13.8 Å². The van der Waals surface area contributed by atoms with Crippen molar-refractivity contribution in [1.82, 2.24) is 10.3 Å². The van der Waals surface area contributed by atoms with Crippen LogP contribution in [0.5, 0.6) is 5.75 Å². The first-order valence-electron chi connectivity index (χ1n) is 6.01. The summed E-state index contributed by atoms with van der Waals surface area (Å²) in [5.41, 5.74) is 1.02. The van der Waals surface area contributed by atoms with Gasteiger partial charge in [-0.1, -0.05) is 18.2 Å². The van der Waals surface area contributed by atoms with Crippen molar-refractivity contribution in [3.05, 3.63) is 45.9 Å². The maximum Gasteiger partial charge on any atom is 0.258 e. The van der Waals surface area contributed by atoms with Crippen molar-refractivity contribution in [3.63, 3.8) is 0 Å². The van der Waals surface area contributed by atoms with E-state index in [4.69, 9.17) is 4.74 Å². The second-order valence-corrected chi connectivity index (χ2v) is 5.51. The number of aryl methyl sites for hydroxylation is 2. The van der Waals surface area contributed by atoms with Crippen LogP contribution in [-0.2, 0) is 11.3 Å². The number of ether oxygens (including phenoxy) is 1. The number of hydrogen-bond acceptors (Lipinski definition) is 4. The van der Waals surface area contributed by atoms with Gasteiger partial charge in [0.2, 0.25) is 0 Å². The summed E-state index contributed by atoms with van der Waals surface area (Å²) < 4.78 is 5.46. The third kappa shape index (κ3) is 4.06. The molecular weight excluding hydrogens is 260 g/mol. The van der Waals surface area contributed by atoms with Crippen LogP contribution in [0.2, 0.25) is 0 Å². The van der Waals surface area contributed by atoms with E-state index in [9.17, 15) is 4.79 Å². The third-order valence-corrected chi connectivity index (χ3v) is 3.47. The van der Waals surface area contributed by atoms with E-state index < -0.39 is 0 Å². The smallest absolute Gasteiger partial charge is 0.258 e. The van der Waals surface area contributed by atoms with Crippen molar-refractivity contribution in [2.24, 2.45) is 0 Å². The van der Waals surface area contributed by atoms with E-state index in [1.54, 1.807) is 17.5 Å². The molecule has 0 saturated carbocycles. The average Bonchev–Trinajstić information content (AvgIpc) is 2.81. The summed E-state index contributed by atoms with van der Waals surface area (Å²) >= 11 is 1.58. The molecule has 2 rings (SSSR count). The molecule has 5 heteroatoms. The fourth-order valence-corrected chi connectivity index (χ4v) is 2.30. The van der Waals surface area contributed by atoms with Gasteiger partial charge in [0, 0.05) is 11.1 Å². The van der Waals surface area contributed by atoms with Gasteiger partial charge in [-0.25, -0.2) is 4.98 Å². The van der Waals surface area contributed by atoms with Crippen LogP contribution < -0.4 is 10.1 Å². The first-order valence-corrected chi connectivity index (χ1v) is 6.83. The Bertz CT molecular complexity index is 566. The molecule has 19 heavy (non-hydrogen) atoms. The van der Waals surface area contributed by atoms with Gasteiger partial charge in [0.15, 0.2) is 6.61 Å². The number of hydrogen-bond donors (Lipinski definition) is 1. The molecule has 1 heterocycles. The van der Waals surface area contributed by atoms with Crippen LogP contribution in [0.4, 0.5) is 0 Å². The zero-order valence-electron chi connectivity index (χ0n) is 11.0. The molecule has 0 atom stereocenters. The fourth-order valence-electron chi connectivity index (χ4n) is 1.57. The first kappa shape index (κ1) is 13.5. The number of aromatic nitrogens is 1. The first-order chi connectivity index (χ1) is 9.15. The van der Waals surface area contributed by atoms with Gasteiger partial charge in [0.25, 0.3) is 5.91 Å². The molecule has 1 amide bonds. The highest BCUT2D eigenvalue weighted by molar-refractivity contribution is 7.11. The van der Waals surface area contributed by atoms with Gasteiger partial charge in [-0.15, -0.1) is 11.3 Å². The van der Waals surface area contributed by atoms with Crippen molar-refractivity contribution in [3.8, 4) is 5.75 Å². The number of carbonyl (C=O) groups is 1. The summed E-state index contributed by atoms with van der Waals surface area (Å²) in [7, 11) is 0. The Morgan fingerprint density at radius 1 is 1.37 bits per heavy atom. The summed E-state index contributed by atoms with van der Waals surface area (Å²) in [6.07, 6.45) is 1.80. The number of nitrogens with zero attached hydrogens (tertiary/aromatic N) is 1. The molecule has 1 aromatic carbocycles. The average molecular weight is 276 g/mol. The molecule has 0 radical (unpaired) electrons. The second kappa shape index (κ2) is 6.33. The van der Waals surface area contributed by atoms with Gasteiger partial charge in [-0.2, -0.15) is 0 Å². The Kier molecular flexibility index (Phi) is 4.52. The predicted molar refractivity (Wildman–Crippen MR) is 75.4 cm³/mol. The van der Waals surface area contributed by atoms with Gasteiger partial charge in [0.05, 0.1) is 6.54 Å². The number of rotatable bonds is 5. The minimum Gasteiger partial charge on any atom is -0.484 e. The summed E-state index contributed by atoms with van der Waals surface area (Å²) in [5.74, 6) is 0.596. The van der Waals surface area contributed by atoms with Gasteiger partial charge in [-0.05, 0) is 25.5 Å². The van der Waals surface area contributed by atoms with Crippen molar-refractivity contribution in [2.75, 3.05) is 6.61 Å². The van der Waals surface area contributed by atoms with E-state index in [1.807, 2.05) is 38.1 Å².